The number of hydrazone groups is 1. The van der Waals surface area contributed by atoms with Gasteiger partial charge in [-0.05, 0) is 24.6 Å². The standard InChI is InChI=1S/C20H20Cl2N2O/c1-11(2)20-24-18(15-8-14(21)9-16(22)19(15)25-20)10-17(23-24)13-6-4-12(3)5-7-13/h4-9,11,18,20H,10H2,1-3H3/t18-,20-/m0/s1. The largest absolute Gasteiger partial charge is 0.467 e. The van der Waals surface area contributed by atoms with Gasteiger partial charge < -0.3 is 4.74 Å². The summed E-state index contributed by atoms with van der Waals surface area (Å²) in [6.07, 6.45) is 0.679. The number of aryl methyl sites for hydroxylation is 1. The van der Waals surface area contributed by atoms with Crippen molar-refractivity contribution in [2.45, 2.75) is 39.5 Å². The Kier molecular flexibility index (Phi) is 4.17. The maximum absolute atomic E-state index is 6.41. The molecule has 5 heteroatoms. The highest BCUT2D eigenvalue weighted by atomic mass is 35.5. The van der Waals surface area contributed by atoms with Gasteiger partial charge in [-0.3, -0.25) is 0 Å². The van der Waals surface area contributed by atoms with Crippen molar-refractivity contribution in [1.82, 2.24) is 5.01 Å². The average molecular weight is 375 g/mol. The van der Waals surface area contributed by atoms with Crippen molar-refractivity contribution in [2.24, 2.45) is 11.0 Å². The van der Waals surface area contributed by atoms with Crippen molar-refractivity contribution in [3.8, 4) is 5.75 Å². The molecule has 0 fully saturated rings. The van der Waals surface area contributed by atoms with Crippen molar-refractivity contribution in [2.75, 3.05) is 0 Å². The molecule has 0 bridgehead atoms. The summed E-state index contributed by atoms with van der Waals surface area (Å²) in [6.45, 7) is 6.36. The zero-order chi connectivity index (χ0) is 17.7. The molecular weight excluding hydrogens is 355 g/mol. The van der Waals surface area contributed by atoms with Gasteiger partial charge >= 0.3 is 0 Å². The van der Waals surface area contributed by atoms with E-state index in [2.05, 4.69) is 50.0 Å². The molecule has 2 aliphatic rings. The first kappa shape index (κ1) is 16.7. The van der Waals surface area contributed by atoms with Gasteiger partial charge in [-0.1, -0.05) is 66.9 Å². The zero-order valence-corrected chi connectivity index (χ0v) is 16.0. The Bertz CT molecular complexity index is 846. The second-order valence-electron chi connectivity index (χ2n) is 7.07. The van der Waals surface area contributed by atoms with E-state index in [1.807, 2.05) is 6.07 Å². The molecule has 0 amide bonds. The SMILES string of the molecule is Cc1ccc(C2=NN3[C@@H](C2)c2cc(Cl)cc(Cl)c2O[C@H]3C(C)C)cc1. The van der Waals surface area contributed by atoms with Gasteiger partial charge in [0, 0.05) is 22.9 Å². The zero-order valence-electron chi connectivity index (χ0n) is 14.5. The lowest BCUT2D eigenvalue weighted by atomic mass is 9.95. The molecule has 4 rings (SSSR count). The maximum atomic E-state index is 6.41. The second kappa shape index (κ2) is 6.22. The minimum atomic E-state index is -0.140. The van der Waals surface area contributed by atoms with Crippen LogP contribution in [0.1, 0.15) is 43.0 Å². The van der Waals surface area contributed by atoms with Gasteiger partial charge in [0.15, 0.2) is 6.23 Å². The van der Waals surface area contributed by atoms with Gasteiger partial charge in [0.1, 0.15) is 5.75 Å². The molecule has 0 aliphatic carbocycles. The highest BCUT2D eigenvalue weighted by Gasteiger charge is 2.42. The second-order valence-corrected chi connectivity index (χ2v) is 7.91. The van der Waals surface area contributed by atoms with Crippen LogP contribution in [0.2, 0.25) is 10.0 Å². The van der Waals surface area contributed by atoms with Crippen LogP contribution in [0, 0.1) is 12.8 Å². The average Bonchev–Trinajstić information content (AvgIpc) is 3.00. The third-order valence-corrected chi connectivity index (χ3v) is 5.29. The third kappa shape index (κ3) is 2.90. The fourth-order valence-electron chi connectivity index (χ4n) is 3.50. The number of benzene rings is 2. The van der Waals surface area contributed by atoms with Crippen LogP contribution in [0.5, 0.6) is 5.75 Å². The van der Waals surface area contributed by atoms with Crippen LogP contribution in [0.25, 0.3) is 0 Å². The van der Waals surface area contributed by atoms with Crippen LogP contribution in [0.4, 0.5) is 0 Å². The van der Waals surface area contributed by atoms with E-state index in [1.54, 1.807) is 6.07 Å². The number of nitrogens with zero attached hydrogens (tertiary/aromatic N) is 2. The maximum Gasteiger partial charge on any atom is 0.190 e. The predicted molar refractivity (Wildman–Crippen MR) is 103 cm³/mol. The van der Waals surface area contributed by atoms with E-state index in [-0.39, 0.29) is 18.2 Å². The van der Waals surface area contributed by atoms with Crippen LogP contribution < -0.4 is 4.74 Å². The van der Waals surface area contributed by atoms with Crippen molar-refractivity contribution in [1.29, 1.82) is 0 Å². The Hall–Kier alpha value is -1.71. The Labute approximate surface area is 158 Å². The molecule has 0 spiro atoms. The summed E-state index contributed by atoms with van der Waals surface area (Å²) < 4.78 is 6.22. The highest BCUT2D eigenvalue weighted by molar-refractivity contribution is 6.35. The van der Waals surface area contributed by atoms with Crippen LogP contribution in [0.15, 0.2) is 41.5 Å². The number of fused-ring (bicyclic) bond motifs is 3. The first-order valence-electron chi connectivity index (χ1n) is 8.52. The normalized spacial score (nSPS) is 21.7. The number of halogens is 2. The Morgan fingerprint density at radius 2 is 1.88 bits per heavy atom. The van der Waals surface area contributed by atoms with E-state index in [1.165, 1.54) is 5.56 Å². The Morgan fingerprint density at radius 3 is 2.56 bits per heavy atom. The predicted octanol–water partition coefficient (Wildman–Crippen LogP) is 5.83. The first-order valence-corrected chi connectivity index (χ1v) is 9.28. The molecule has 2 aromatic rings. The summed E-state index contributed by atoms with van der Waals surface area (Å²) in [4.78, 5) is 0. The molecule has 0 aromatic heterocycles. The summed E-state index contributed by atoms with van der Waals surface area (Å²) in [5, 5.41) is 8.18. The lowest BCUT2D eigenvalue weighted by Crippen LogP contribution is -2.43. The molecule has 25 heavy (non-hydrogen) atoms. The first-order chi connectivity index (χ1) is 11.9. The van der Waals surface area contributed by atoms with E-state index < -0.39 is 0 Å². The van der Waals surface area contributed by atoms with Crippen molar-refractivity contribution in [3.05, 3.63) is 63.1 Å². The van der Waals surface area contributed by atoms with Gasteiger partial charge in [0.25, 0.3) is 0 Å². The lowest BCUT2D eigenvalue weighted by Gasteiger charge is -2.40. The van der Waals surface area contributed by atoms with E-state index in [9.17, 15) is 0 Å². The molecule has 0 radical (unpaired) electrons. The van der Waals surface area contributed by atoms with E-state index in [0.29, 0.717) is 10.0 Å². The van der Waals surface area contributed by atoms with Gasteiger partial charge in [0.2, 0.25) is 0 Å². The van der Waals surface area contributed by atoms with E-state index >= 15 is 0 Å². The smallest absolute Gasteiger partial charge is 0.190 e. The minimum Gasteiger partial charge on any atom is -0.467 e. The van der Waals surface area contributed by atoms with Crippen molar-refractivity contribution < 1.29 is 4.74 Å². The number of hydrogen-bond acceptors (Lipinski definition) is 3. The molecule has 130 valence electrons. The quantitative estimate of drug-likeness (QED) is 0.660. The minimum absolute atomic E-state index is 0.101. The topological polar surface area (TPSA) is 24.8 Å². The molecule has 2 atom stereocenters. The highest BCUT2D eigenvalue weighted by Crippen LogP contribution is 2.48. The van der Waals surface area contributed by atoms with Crippen molar-refractivity contribution >= 4 is 28.9 Å². The molecule has 3 nitrogen and oxygen atoms in total. The fourth-order valence-corrected chi connectivity index (χ4v) is 4.06. The molecule has 2 heterocycles. The summed E-state index contributed by atoms with van der Waals surface area (Å²) in [6, 6.07) is 12.3. The lowest BCUT2D eigenvalue weighted by molar-refractivity contribution is -0.0460. The molecule has 2 aliphatic heterocycles. The number of rotatable bonds is 2. The molecule has 0 saturated carbocycles. The summed E-state index contributed by atoms with van der Waals surface area (Å²) in [7, 11) is 0. The van der Waals surface area contributed by atoms with Crippen LogP contribution in [-0.2, 0) is 0 Å². The van der Waals surface area contributed by atoms with Gasteiger partial charge in [0.05, 0.1) is 16.8 Å². The number of ether oxygens (including phenoxy) is 1. The summed E-state index contributed by atoms with van der Waals surface area (Å²) in [5.41, 5.74) is 4.48. The molecule has 0 N–H and O–H groups in total. The van der Waals surface area contributed by atoms with Crippen molar-refractivity contribution in [3.63, 3.8) is 0 Å². The van der Waals surface area contributed by atoms with Crippen LogP contribution >= 0.6 is 23.2 Å². The Balaban J connectivity index is 1.78. The Morgan fingerprint density at radius 1 is 1.16 bits per heavy atom. The fraction of sp³-hybridized carbons (Fsp3) is 0.350. The molecule has 2 aromatic carbocycles. The summed E-state index contributed by atoms with van der Waals surface area (Å²) in [5.74, 6) is 1.02. The molecular formula is C20H20Cl2N2O. The van der Waals surface area contributed by atoms with Gasteiger partial charge in [-0.15, -0.1) is 0 Å². The van der Waals surface area contributed by atoms with Gasteiger partial charge in [-0.2, -0.15) is 5.10 Å². The van der Waals surface area contributed by atoms with Crippen LogP contribution in [-0.4, -0.2) is 16.9 Å². The van der Waals surface area contributed by atoms with E-state index in [4.69, 9.17) is 33.0 Å². The van der Waals surface area contributed by atoms with Gasteiger partial charge in [-0.25, -0.2) is 5.01 Å². The third-order valence-electron chi connectivity index (χ3n) is 4.79. The molecule has 0 unspecified atom stereocenters. The monoisotopic (exact) mass is 374 g/mol. The number of hydrogen-bond donors (Lipinski definition) is 0. The van der Waals surface area contributed by atoms with E-state index in [0.717, 1.165) is 29.0 Å². The summed E-state index contributed by atoms with van der Waals surface area (Å²) >= 11 is 12.7. The molecule has 0 saturated heterocycles. The van der Waals surface area contributed by atoms with Crippen LogP contribution in [0.3, 0.4) is 0 Å².